The van der Waals surface area contributed by atoms with Crippen molar-refractivity contribution in [2.75, 3.05) is 12.8 Å². The van der Waals surface area contributed by atoms with Crippen LogP contribution in [0.3, 0.4) is 0 Å². The predicted octanol–water partition coefficient (Wildman–Crippen LogP) is 4.95. The molecule has 0 bridgehead atoms. The van der Waals surface area contributed by atoms with E-state index in [4.69, 9.17) is 5.21 Å². The molecule has 0 fully saturated rings. The van der Waals surface area contributed by atoms with Crippen LogP contribution in [-0.2, 0) is 4.79 Å². The lowest BCUT2D eigenvalue weighted by Gasteiger charge is -2.24. The van der Waals surface area contributed by atoms with Crippen LogP contribution < -0.4 is 10.8 Å². The average Bonchev–Trinajstić information content (AvgIpc) is 3.46. The van der Waals surface area contributed by atoms with Gasteiger partial charge in [0.1, 0.15) is 0 Å². The summed E-state index contributed by atoms with van der Waals surface area (Å²) in [6, 6.07) is 12.1. The second-order valence-electron chi connectivity index (χ2n) is 6.19. The van der Waals surface area contributed by atoms with Gasteiger partial charge in [-0.3, -0.25) is 14.8 Å². The van der Waals surface area contributed by atoms with Crippen molar-refractivity contribution in [3.05, 3.63) is 46.7 Å². The van der Waals surface area contributed by atoms with Crippen LogP contribution in [0, 0.1) is 0 Å². The number of rotatable bonds is 8. The summed E-state index contributed by atoms with van der Waals surface area (Å²) in [5.41, 5.74) is 1.69. The molecule has 1 atom stereocenters. The molecule has 0 spiro atoms. The Labute approximate surface area is 179 Å². The van der Waals surface area contributed by atoms with Crippen LogP contribution in [-0.4, -0.2) is 34.6 Å². The minimum absolute atomic E-state index is 0.154. The summed E-state index contributed by atoms with van der Waals surface area (Å²) in [6.45, 7) is 2.08. The van der Waals surface area contributed by atoms with Gasteiger partial charge in [-0.1, -0.05) is 6.07 Å². The molecule has 3 rings (SSSR count). The molecule has 2 amide bonds. The van der Waals surface area contributed by atoms with Gasteiger partial charge in [0.2, 0.25) is 0 Å². The number of hydroxylamine groups is 1. The van der Waals surface area contributed by atoms with Gasteiger partial charge in [0, 0.05) is 26.1 Å². The van der Waals surface area contributed by atoms with Crippen molar-refractivity contribution >= 4 is 57.6 Å². The Bertz CT molecular complexity index is 948. The lowest BCUT2D eigenvalue weighted by Crippen LogP contribution is -2.42. The molecule has 148 valence electrons. The zero-order valence-corrected chi connectivity index (χ0v) is 18.6. The van der Waals surface area contributed by atoms with Crippen molar-refractivity contribution in [3.8, 4) is 19.5 Å². The van der Waals surface area contributed by atoms with E-state index in [-0.39, 0.29) is 5.91 Å². The van der Waals surface area contributed by atoms with Crippen LogP contribution in [0.2, 0.25) is 0 Å². The van der Waals surface area contributed by atoms with E-state index >= 15 is 0 Å². The molecule has 28 heavy (non-hydrogen) atoms. The van der Waals surface area contributed by atoms with E-state index in [0.29, 0.717) is 17.8 Å². The Hall–Kier alpha value is -1.65. The summed E-state index contributed by atoms with van der Waals surface area (Å²) in [5, 5.41) is 13.8. The summed E-state index contributed by atoms with van der Waals surface area (Å²) in [6.07, 6.45) is 2.22. The molecule has 3 N–H and O–H groups in total. The van der Waals surface area contributed by atoms with Crippen LogP contribution in [0.4, 0.5) is 0 Å². The Kier molecular flexibility index (Phi) is 6.95. The van der Waals surface area contributed by atoms with E-state index in [2.05, 4.69) is 28.9 Å². The molecule has 3 aromatic rings. The first-order chi connectivity index (χ1) is 13.5. The Morgan fingerprint density at radius 1 is 1.07 bits per heavy atom. The highest BCUT2D eigenvalue weighted by molar-refractivity contribution is 8.00. The molecule has 0 aliphatic heterocycles. The van der Waals surface area contributed by atoms with Crippen molar-refractivity contribution in [1.82, 2.24) is 10.8 Å². The van der Waals surface area contributed by atoms with Gasteiger partial charge >= 0.3 is 0 Å². The highest BCUT2D eigenvalue weighted by atomic mass is 32.2. The molecule has 1 unspecified atom stereocenters. The maximum absolute atomic E-state index is 12.4. The summed E-state index contributed by atoms with van der Waals surface area (Å²) < 4.78 is -0.794. The number of nitrogens with one attached hydrogen (secondary N) is 2. The Morgan fingerprint density at radius 2 is 1.75 bits per heavy atom. The molecular weight excluding hydrogens is 432 g/mol. The van der Waals surface area contributed by atoms with Gasteiger partial charge in [-0.2, -0.15) is 0 Å². The molecule has 0 aliphatic rings. The van der Waals surface area contributed by atoms with E-state index in [9.17, 15) is 9.59 Å². The smallest absolute Gasteiger partial charge is 0.261 e. The van der Waals surface area contributed by atoms with Crippen molar-refractivity contribution in [2.45, 2.75) is 18.1 Å². The summed E-state index contributed by atoms with van der Waals surface area (Å²) in [5.74, 6) is -0.619. The SMILES string of the molecule is CSC(C)(CCNC(=O)c1ccc(-c2ccc(-c3cccs3)s2)s1)C(=O)NO. The lowest BCUT2D eigenvalue weighted by atomic mass is 10.1. The fourth-order valence-electron chi connectivity index (χ4n) is 2.54. The number of amides is 2. The Morgan fingerprint density at radius 3 is 2.39 bits per heavy atom. The van der Waals surface area contributed by atoms with Crippen LogP contribution in [0.25, 0.3) is 19.5 Å². The first kappa shape index (κ1) is 21.1. The zero-order chi connectivity index (χ0) is 20.1. The molecule has 3 heterocycles. The van der Waals surface area contributed by atoms with E-state index in [1.54, 1.807) is 41.3 Å². The fraction of sp³-hybridized carbons (Fsp3) is 0.263. The van der Waals surface area contributed by atoms with Crippen LogP contribution >= 0.6 is 45.8 Å². The number of hydrogen-bond donors (Lipinski definition) is 3. The molecule has 9 heteroatoms. The van der Waals surface area contributed by atoms with E-state index in [0.717, 1.165) is 9.75 Å². The monoisotopic (exact) mass is 452 g/mol. The minimum Gasteiger partial charge on any atom is -0.351 e. The number of carbonyl (C=O) groups excluding carboxylic acids is 2. The molecule has 0 aliphatic carbocycles. The quantitative estimate of drug-likeness (QED) is 0.334. The molecule has 5 nitrogen and oxygen atoms in total. The topological polar surface area (TPSA) is 78.4 Å². The van der Waals surface area contributed by atoms with Gasteiger partial charge in [-0.05, 0) is 55.3 Å². The van der Waals surface area contributed by atoms with Crippen molar-refractivity contribution in [2.24, 2.45) is 0 Å². The van der Waals surface area contributed by atoms with Gasteiger partial charge < -0.3 is 5.32 Å². The van der Waals surface area contributed by atoms with Gasteiger partial charge in [0.05, 0.1) is 9.62 Å². The van der Waals surface area contributed by atoms with Gasteiger partial charge in [-0.15, -0.1) is 45.8 Å². The average molecular weight is 453 g/mol. The number of thiophene rings is 3. The first-order valence-electron chi connectivity index (χ1n) is 8.48. The summed E-state index contributed by atoms with van der Waals surface area (Å²) in [7, 11) is 0. The molecule has 3 aromatic heterocycles. The zero-order valence-electron chi connectivity index (χ0n) is 15.4. The van der Waals surface area contributed by atoms with Crippen molar-refractivity contribution < 1.29 is 14.8 Å². The van der Waals surface area contributed by atoms with Gasteiger partial charge in [-0.25, -0.2) is 5.48 Å². The molecule has 0 aromatic carbocycles. The summed E-state index contributed by atoms with van der Waals surface area (Å²) in [4.78, 5) is 29.5. The van der Waals surface area contributed by atoms with Crippen LogP contribution in [0.15, 0.2) is 41.8 Å². The van der Waals surface area contributed by atoms with E-state index in [1.165, 1.54) is 32.9 Å². The molecule has 0 saturated carbocycles. The second-order valence-corrected chi connectivity index (χ2v) is 10.6. The number of thioether (sulfide) groups is 1. The van der Waals surface area contributed by atoms with Gasteiger partial charge in [0.25, 0.3) is 11.8 Å². The Balaban J connectivity index is 1.61. The normalized spacial score (nSPS) is 13.1. The fourth-order valence-corrected chi connectivity index (χ4v) is 5.93. The molecular formula is C19H20N2O3S4. The lowest BCUT2D eigenvalue weighted by molar-refractivity contribution is -0.131. The third kappa shape index (κ3) is 4.66. The third-order valence-corrected chi connectivity index (χ3v) is 9.08. The van der Waals surface area contributed by atoms with Crippen molar-refractivity contribution in [1.29, 1.82) is 0 Å². The van der Waals surface area contributed by atoms with Crippen LogP contribution in [0.1, 0.15) is 23.0 Å². The van der Waals surface area contributed by atoms with Crippen molar-refractivity contribution in [3.63, 3.8) is 0 Å². The largest absolute Gasteiger partial charge is 0.351 e. The number of hydrogen-bond acceptors (Lipinski definition) is 7. The minimum atomic E-state index is -0.794. The third-order valence-electron chi connectivity index (χ3n) is 4.36. The second kappa shape index (κ2) is 9.23. The standard InChI is InChI=1S/C19H20N2O3S4/c1-19(25-2,18(23)21-24)9-10-20-17(22)16-8-7-15(28-16)14-6-5-13(27-14)12-4-3-11-26-12/h3-8,11,24H,9-10H2,1-2H3,(H,20,22)(H,21,23). The number of carbonyl (C=O) groups is 2. The first-order valence-corrected chi connectivity index (χ1v) is 12.2. The van der Waals surface area contributed by atoms with E-state index in [1.807, 2.05) is 18.2 Å². The van der Waals surface area contributed by atoms with E-state index < -0.39 is 10.7 Å². The molecule has 0 saturated heterocycles. The highest BCUT2D eigenvalue weighted by Gasteiger charge is 2.31. The van der Waals surface area contributed by atoms with Crippen LogP contribution in [0.5, 0.6) is 0 Å². The predicted molar refractivity (Wildman–Crippen MR) is 120 cm³/mol. The maximum Gasteiger partial charge on any atom is 0.261 e. The molecule has 0 radical (unpaired) electrons. The highest BCUT2D eigenvalue weighted by Crippen LogP contribution is 2.39. The van der Waals surface area contributed by atoms with Gasteiger partial charge in [0.15, 0.2) is 0 Å². The summed E-state index contributed by atoms with van der Waals surface area (Å²) >= 11 is 6.22. The maximum atomic E-state index is 12.4.